The van der Waals surface area contributed by atoms with E-state index >= 15 is 0 Å². The minimum absolute atomic E-state index is 0.219. The quantitative estimate of drug-likeness (QED) is 0.487. The highest BCUT2D eigenvalue weighted by Gasteiger charge is 2.34. The van der Waals surface area contributed by atoms with Crippen molar-refractivity contribution in [2.45, 2.75) is 25.3 Å². The van der Waals surface area contributed by atoms with E-state index in [1.54, 1.807) is 0 Å². The molecule has 0 heterocycles. The maximum atomic E-state index is 13.4. The molecule has 0 radical (unpaired) electrons. The van der Waals surface area contributed by atoms with Crippen molar-refractivity contribution in [3.8, 4) is 0 Å². The Labute approximate surface area is 94.4 Å². The Hall–Kier alpha value is -1.17. The number of nitrogens with two attached hydrogens (primary N) is 1. The lowest BCUT2D eigenvalue weighted by Crippen LogP contribution is -2.29. The maximum Gasteiger partial charge on any atom is 0.200 e. The molecule has 1 aliphatic rings. The molecule has 0 aromatic heterocycles. The van der Waals surface area contributed by atoms with Gasteiger partial charge in [-0.3, -0.25) is 0 Å². The SMILES string of the molecule is N[C@@H](c1c(F)c(F)c(F)c(F)c1F)C1CCC1. The molecule has 1 aliphatic carbocycles. The predicted molar refractivity (Wildman–Crippen MR) is 50.5 cm³/mol. The third-order valence-corrected chi connectivity index (χ3v) is 3.23. The number of hydrogen-bond donors (Lipinski definition) is 1. The minimum atomic E-state index is -2.15. The number of rotatable bonds is 2. The maximum absolute atomic E-state index is 13.4. The van der Waals surface area contributed by atoms with Gasteiger partial charge in [0.15, 0.2) is 23.3 Å². The van der Waals surface area contributed by atoms with Gasteiger partial charge in [-0.05, 0) is 18.8 Å². The molecule has 0 saturated heterocycles. The first-order valence-electron chi connectivity index (χ1n) is 5.22. The van der Waals surface area contributed by atoms with Crippen LogP contribution in [0.1, 0.15) is 30.9 Å². The van der Waals surface area contributed by atoms with Crippen molar-refractivity contribution in [1.82, 2.24) is 0 Å². The highest BCUT2D eigenvalue weighted by molar-refractivity contribution is 5.27. The standard InChI is InChI=1S/C11H10F5N/c12-6-5(11(17)4-2-1-3-4)7(13)9(15)10(16)8(6)14/h4,11H,1-3,17H2/t11-/m1/s1. The van der Waals surface area contributed by atoms with Gasteiger partial charge in [0.2, 0.25) is 5.82 Å². The molecular weight excluding hydrogens is 241 g/mol. The molecule has 6 heteroatoms. The first-order valence-corrected chi connectivity index (χ1v) is 5.22. The van der Waals surface area contributed by atoms with Crippen LogP contribution in [0.2, 0.25) is 0 Å². The molecule has 1 aromatic carbocycles. The smallest absolute Gasteiger partial charge is 0.200 e. The summed E-state index contributed by atoms with van der Waals surface area (Å²) in [6.45, 7) is 0. The van der Waals surface area contributed by atoms with Crippen molar-refractivity contribution in [3.63, 3.8) is 0 Å². The summed E-state index contributed by atoms with van der Waals surface area (Å²) in [7, 11) is 0. The molecule has 1 fully saturated rings. The molecule has 0 unspecified atom stereocenters. The van der Waals surface area contributed by atoms with Crippen LogP contribution in [0.4, 0.5) is 22.0 Å². The van der Waals surface area contributed by atoms with Crippen molar-refractivity contribution in [2.24, 2.45) is 11.7 Å². The molecule has 1 nitrogen and oxygen atoms in total. The number of halogens is 5. The van der Waals surface area contributed by atoms with E-state index < -0.39 is 40.7 Å². The molecule has 0 bridgehead atoms. The summed E-state index contributed by atoms with van der Waals surface area (Å²) in [6, 6.07) is -1.15. The molecule has 0 aliphatic heterocycles. The Morgan fingerprint density at radius 1 is 0.824 bits per heavy atom. The Morgan fingerprint density at radius 2 is 1.24 bits per heavy atom. The van der Waals surface area contributed by atoms with Crippen LogP contribution in [0.15, 0.2) is 0 Å². The average Bonchev–Trinajstić information content (AvgIpc) is 2.21. The summed E-state index contributed by atoms with van der Waals surface area (Å²) < 4.78 is 65.4. The predicted octanol–water partition coefficient (Wildman–Crippen LogP) is 3.18. The summed E-state index contributed by atoms with van der Waals surface area (Å²) >= 11 is 0. The van der Waals surface area contributed by atoms with Crippen LogP contribution in [-0.4, -0.2) is 0 Å². The normalized spacial score (nSPS) is 18.0. The Bertz CT molecular complexity index is 427. The third kappa shape index (κ3) is 1.80. The lowest BCUT2D eigenvalue weighted by molar-refractivity contribution is 0.249. The Balaban J connectivity index is 2.52. The van der Waals surface area contributed by atoms with Gasteiger partial charge in [-0.15, -0.1) is 0 Å². The first kappa shape index (κ1) is 12.3. The number of benzene rings is 1. The fourth-order valence-electron chi connectivity index (χ4n) is 1.95. The second-order valence-electron chi connectivity index (χ2n) is 4.20. The summed E-state index contributed by atoms with van der Waals surface area (Å²) in [4.78, 5) is 0. The topological polar surface area (TPSA) is 26.0 Å². The van der Waals surface area contributed by atoms with Crippen molar-refractivity contribution >= 4 is 0 Å². The van der Waals surface area contributed by atoms with E-state index in [1.807, 2.05) is 0 Å². The van der Waals surface area contributed by atoms with Crippen LogP contribution in [0.25, 0.3) is 0 Å². The van der Waals surface area contributed by atoms with Gasteiger partial charge in [0.05, 0.1) is 0 Å². The van der Waals surface area contributed by atoms with Crippen molar-refractivity contribution in [3.05, 3.63) is 34.6 Å². The highest BCUT2D eigenvalue weighted by Crippen LogP contribution is 2.39. The zero-order valence-corrected chi connectivity index (χ0v) is 8.74. The minimum Gasteiger partial charge on any atom is -0.324 e. The molecule has 0 spiro atoms. The van der Waals surface area contributed by atoms with Gasteiger partial charge in [-0.1, -0.05) is 6.42 Å². The van der Waals surface area contributed by atoms with Crippen molar-refractivity contribution in [2.75, 3.05) is 0 Å². The summed E-state index contributed by atoms with van der Waals surface area (Å²) in [5.74, 6) is -9.88. The number of hydrogen-bond acceptors (Lipinski definition) is 1. The monoisotopic (exact) mass is 251 g/mol. The fourth-order valence-corrected chi connectivity index (χ4v) is 1.95. The molecule has 1 atom stereocenters. The van der Waals surface area contributed by atoms with Gasteiger partial charge < -0.3 is 5.73 Å². The second kappa shape index (κ2) is 4.25. The van der Waals surface area contributed by atoms with E-state index in [4.69, 9.17) is 5.73 Å². The molecule has 0 amide bonds. The van der Waals surface area contributed by atoms with Gasteiger partial charge in [0, 0.05) is 11.6 Å². The fraction of sp³-hybridized carbons (Fsp3) is 0.455. The van der Waals surface area contributed by atoms with Crippen molar-refractivity contribution < 1.29 is 22.0 Å². The van der Waals surface area contributed by atoms with E-state index in [2.05, 4.69) is 0 Å². The Morgan fingerprint density at radius 3 is 1.59 bits per heavy atom. The van der Waals surface area contributed by atoms with E-state index in [0.29, 0.717) is 12.8 Å². The van der Waals surface area contributed by atoms with Crippen LogP contribution >= 0.6 is 0 Å². The summed E-state index contributed by atoms with van der Waals surface area (Å²) in [5, 5.41) is 0. The van der Waals surface area contributed by atoms with Crippen LogP contribution < -0.4 is 5.73 Å². The molecule has 1 aromatic rings. The summed E-state index contributed by atoms with van der Waals surface area (Å²) in [6.07, 6.45) is 2.13. The lowest BCUT2D eigenvalue weighted by atomic mass is 9.77. The molecule has 2 rings (SSSR count). The molecule has 2 N–H and O–H groups in total. The van der Waals surface area contributed by atoms with E-state index in [9.17, 15) is 22.0 Å². The first-order chi connectivity index (χ1) is 7.95. The second-order valence-corrected chi connectivity index (χ2v) is 4.20. The Kier molecular flexibility index (Phi) is 3.07. The third-order valence-electron chi connectivity index (χ3n) is 3.23. The van der Waals surface area contributed by atoms with Gasteiger partial charge in [0.25, 0.3) is 0 Å². The zero-order chi connectivity index (χ0) is 12.7. The van der Waals surface area contributed by atoms with Gasteiger partial charge >= 0.3 is 0 Å². The van der Waals surface area contributed by atoms with E-state index in [1.165, 1.54) is 0 Å². The average molecular weight is 251 g/mol. The van der Waals surface area contributed by atoms with Gasteiger partial charge in [-0.2, -0.15) is 0 Å². The van der Waals surface area contributed by atoms with E-state index in [0.717, 1.165) is 6.42 Å². The van der Waals surface area contributed by atoms with Crippen LogP contribution in [0.5, 0.6) is 0 Å². The lowest BCUT2D eigenvalue weighted by Gasteiger charge is -2.31. The highest BCUT2D eigenvalue weighted by atomic mass is 19.2. The summed E-state index contributed by atoms with van der Waals surface area (Å²) in [5.41, 5.74) is 4.66. The van der Waals surface area contributed by atoms with Gasteiger partial charge in [-0.25, -0.2) is 22.0 Å². The van der Waals surface area contributed by atoms with Crippen LogP contribution in [0, 0.1) is 35.0 Å². The molecule has 1 saturated carbocycles. The molecule has 17 heavy (non-hydrogen) atoms. The molecule has 94 valence electrons. The van der Waals surface area contributed by atoms with E-state index in [-0.39, 0.29) is 5.92 Å². The van der Waals surface area contributed by atoms with Gasteiger partial charge in [0.1, 0.15) is 0 Å². The zero-order valence-electron chi connectivity index (χ0n) is 8.74. The van der Waals surface area contributed by atoms with Crippen LogP contribution in [-0.2, 0) is 0 Å². The van der Waals surface area contributed by atoms with Crippen molar-refractivity contribution in [1.29, 1.82) is 0 Å². The van der Waals surface area contributed by atoms with Crippen LogP contribution in [0.3, 0.4) is 0 Å². The largest absolute Gasteiger partial charge is 0.324 e. The molecular formula is C11H10F5N.